The number of amides is 1. The van der Waals surface area contributed by atoms with Crippen LogP contribution >= 0.6 is 12.2 Å². The van der Waals surface area contributed by atoms with E-state index >= 15 is 0 Å². The van der Waals surface area contributed by atoms with Crippen LogP contribution in [0.3, 0.4) is 0 Å². The normalized spacial score (nSPS) is 11.9. The van der Waals surface area contributed by atoms with Gasteiger partial charge in [-0.05, 0) is 37.1 Å². The number of phenolic OH excluding ortho intramolecular Hbond substituents is 1. The lowest BCUT2D eigenvalue weighted by Crippen LogP contribution is -2.43. The molecular formula is C12H16N2O2S. The van der Waals surface area contributed by atoms with E-state index in [-0.39, 0.29) is 22.7 Å². The molecule has 0 saturated carbocycles. The Kier molecular flexibility index (Phi) is 4.45. The molecule has 1 aromatic rings. The number of benzene rings is 1. The van der Waals surface area contributed by atoms with Crippen LogP contribution < -0.4 is 11.1 Å². The molecule has 5 heteroatoms. The van der Waals surface area contributed by atoms with Gasteiger partial charge in [-0.2, -0.15) is 0 Å². The van der Waals surface area contributed by atoms with Crippen molar-refractivity contribution in [2.75, 3.05) is 0 Å². The summed E-state index contributed by atoms with van der Waals surface area (Å²) in [5.74, 6) is -0.0948. The fraction of sp³-hybridized carbons (Fsp3) is 0.333. The number of nitrogens with two attached hydrogens (primary N) is 1. The summed E-state index contributed by atoms with van der Waals surface area (Å²) in [5, 5.41) is 12.0. The van der Waals surface area contributed by atoms with Crippen LogP contribution in [0.1, 0.15) is 29.3 Å². The van der Waals surface area contributed by atoms with Gasteiger partial charge in [-0.3, -0.25) is 4.79 Å². The molecule has 1 atom stereocenters. The van der Waals surface area contributed by atoms with Crippen LogP contribution in [0.2, 0.25) is 0 Å². The molecular weight excluding hydrogens is 236 g/mol. The van der Waals surface area contributed by atoms with Crippen LogP contribution in [-0.2, 0) is 0 Å². The number of carbonyl (C=O) groups excluding carboxylic acids is 1. The van der Waals surface area contributed by atoms with E-state index in [9.17, 15) is 9.90 Å². The zero-order chi connectivity index (χ0) is 13.0. The second kappa shape index (κ2) is 5.63. The SMILES string of the molecule is CCC(NC(=O)c1ccc(O)cc1C)C(N)=S. The Morgan fingerprint density at radius 2 is 2.24 bits per heavy atom. The van der Waals surface area contributed by atoms with Gasteiger partial charge in [0.1, 0.15) is 5.75 Å². The first kappa shape index (κ1) is 13.4. The lowest BCUT2D eigenvalue weighted by molar-refractivity contribution is 0.0946. The number of carbonyl (C=O) groups is 1. The van der Waals surface area contributed by atoms with Crippen LogP contribution in [0, 0.1) is 6.92 Å². The van der Waals surface area contributed by atoms with Crippen molar-refractivity contribution in [1.29, 1.82) is 0 Å². The van der Waals surface area contributed by atoms with Gasteiger partial charge in [0.2, 0.25) is 0 Å². The van der Waals surface area contributed by atoms with Crippen molar-refractivity contribution in [1.82, 2.24) is 5.32 Å². The highest BCUT2D eigenvalue weighted by atomic mass is 32.1. The summed E-state index contributed by atoms with van der Waals surface area (Å²) in [7, 11) is 0. The maximum Gasteiger partial charge on any atom is 0.252 e. The molecule has 0 aromatic heterocycles. The highest BCUT2D eigenvalue weighted by Gasteiger charge is 2.15. The van der Waals surface area contributed by atoms with Gasteiger partial charge in [0.05, 0.1) is 11.0 Å². The highest BCUT2D eigenvalue weighted by molar-refractivity contribution is 7.80. The van der Waals surface area contributed by atoms with E-state index in [1.165, 1.54) is 12.1 Å². The Hall–Kier alpha value is -1.62. The van der Waals surface area contributed by atoms with Gasteiger partial charge in [0.15, 0.2) is 0 Å². The monoisotopic (exact) mass is 252 g/mol. The number of thiocarbonyl (C=S) groups is 1. The van der Waals surface area contributed by atoms with Crippen molar-refractivity contribution < 1.29 is 9.90 Å². The predicted molar refractivity (Wildman–Crippen MR) is 71.2 cm³/mol. The van der Waals surface area contributed by atoms with E-state index in [0.29, 0.717) is 17.5 Å². The number of nitrogens with one attached hydrogen (secondary N) is 1. The smallest absolute Gasteiger partial charge is 0.252 e. The summed E-state index contributed by atoms with van der Waals surface area (Å²) >= 11 is 4.86. The number of aromatic hydroxyl groups is 1. The Labute approximate surface area is 106 Å². The first-order valence-electron chi connectivity index (χ1n) is 5.35. The van der Waals surface area contributed by atoms with Crippen LogP contribution in [0.4, 0.5) is 0 Å². The molecule has 0 radical (unpaired) electrons. The predicted octanol–water partition coefficient (Wildman–Crippen LogP) is 1.50. The molecule has 0 saturated heterocycles. The van der Waals surface area contributed by atoms with Crippen LogP contribution in [0.15, 0.2) is 18.2 Å². The Balaban J connectivity index is 2.86. The third-order valence-electron chi connectivity index (χ3n) is 2.51. The average molecular weight is 252 g/mol. The lowest BCUT2D eigenvalue weighted by Gasteiger charge is -2.16. The maximum absolute atomic E-state index is 11.9. The standard InChI is InChI=1S/C12H16N2O2S/c1-3-10(11(13)17)14-12(16)9-5-4-8(15)6-7(9)2/h4-6,10,15H,3H2,1-2H3,(H2,13,17)(H,14,16). The van der Waals surface area contributed by atoms with E-state index in [1.54, 1.807) is 13.0 Å². The van der Waals surface area contributed by atoms with Crippen molar-refractivity contribution in [2.24, 2.45) is 5.73 Å². The first-order chi connectivity index (χ1) is 7.95. The maximum atomic E-state index is 11.9. The van der Waals surface area contributed by atoms with Gasteiger partial charge in [0.25, 0.3) is 5.91 Å². The van der Waals surface area contributed by atoms with Crippen molar-refractivity contribution in [3.05, 3.63) is 29.3 Å². The van der Waals surface area contributed by atoms with Crippen molar-refractivity contribution in [3.8, 4) is 5.75 Å². The summed E-state index contributed by atoms with van der Waals surface area (Å²) in [5.41, 5.74) is 6.73. The van der Waals surface area contributed by atoms with Crippen LogP contribution in [-0.4, -0.2) is 22.0 Å². The van der Waals surface area contributed by atoms with E-state index in [0.717, 1.165) is 0 Å². The van der Waals surface area contributed by atoms with Crippen molar-refractivity contribution >= 4 is 23.1 Å². The zero-order valence-electron chi connectivity index (χ0n) is 9.86. The number of hydrogen-bond donors (Lipinski definition) is 3. The Morgan fingerprint density at radius 3 is 2.71 bits per heavy atom. The molecule has 92 valence electrons. The van der Waals surface area contributed by atoms with Crippen molar-refractivity contribution in [2.45, 2.75) is 26.3 Å². The molecule has 1 amide bonds. The highest BCUT2D eigenvalue weighted by Crippen LogP contribution is 2.15. The molecule has 1 unspecified atom stereocenters. The molecule has 17 heavy (non-hydrogen) atoms. The summed E-state index contributed by atoms with van der Waals surface area (Å²) < 4.78 is 0. The fourth-order valence-corrected chi connectivity index (χ4v) is 1.74. The quantitative estimate of drug-likeness (QED) is 0.710. The van der Waals surface area contributed by atoms with Gasteiger partial charge >= 0.3 is 0 Å². The molecule has 0 heterocycles. The van der Waals surface area contributed by atoms with E-state index < -0.39 is 0 Å². The Bertz CT molecular complexity index is 446. The van der Waals surface area contributed by atoms with E-state index in [2.05, 4.69) is 5.32 Å². The second-order valence-electron chi connectivity index (χ2n) is 3.84. The molecule has 1 aromatic carbocycles. The summed E-state index contributed by atoms with van der Waals surface area (Å²) in [4.78, 5) is 12.2. The van der Waals surface area contributed by atoms with Gasteiger partial charge in [0, 0.05) is 5.56 Å². The minimum absolute atomic E-state index is 0.139. The van der Waals surface area contributed by atoms with Gasteiger partial charge in [-0.15, -0.1) is 0 Å². The molecule has 0 bridgehead atoms. The van der Waals surface area contributed by atoms with Gasteiger partial charge < -0.3 is 16.2 Å². The minimum Gasteiger partial charge on any atom is -0.508 e. The van der Waals surface area contributed by atoms with Crippen LogP contribution in [0.25, 0.3) is 0 Å². The molecule has 1 rings (SSSR count). The average Bonchev–Trinajstić information content (AvgIpc) is 2.24. The van der Waals surface area contributed by atoms with E-state index in [4.69, 9.17) is 18.0 Å². The number of hydrogen-bond acceptors (Lipinski definition) is 3. The van der Waals surface area contributed by atoms with Crippen LogP contribution in [0.5, 0.6) is 5.75 Å². The number of aryl methyl sites for hydroxylation is 1. The summed E-state index contributed by atoms with van der Waals surface area (Å²) in [6, 6.07) is 4.29. The molecule has 0 aliphatic carbocycles. The van der Waals surface area contributed by atoms with Gasteiger partial charge in [-0.25, -0.2) is 0 Å². The van der Waals surface area contributed by atoms with E-state index in [1.807, 2.05) is 6.92 Å². The number of rotatable bonds is 4. The molecule has 0 fully saturated rings. The first-order valence-corrected chi connectivity index (χ1v) is 5.76. The largest absolute Gasteiger partial charge is 0.508 e. The molecule has 0 aliphatic heterocycles. The molecule has 0 aliphatic rings. The second-order valence-corrected chi connectivity index (χ2v) is 4.31. The van der Waals surface area contributed by atoms with Gasteiger partial charge in [-0.1, -0.05) is 19.1 Å². The molecule has 4 nitrogen and oxygen atoms in total. The zero-order valence-corrected chi connectivity index (χ0v) is 10.7. The van der Waals surface area contributed by atoms with Crippen molar-refractivity contribution in [3.63, 3.8) is 0 Å². The molecule has 0 spiro atoms. The number of phenols is 1. The topological polar surface area (TPSA) is 75.3 Å². The minimum atomic E-state index is -0.300. The summed E-state index contributed by atoms with van der Waals surface area (Å²) in [6.45, 7) is 3.66. The Morgan fingerprint density at radius 1 is 1.59 bits per heavy atom. The third kappa shape index (κ3) is 3.42. The lowest BCUT2D eigenvalue weighted by atomic mass is 10.1. The molecule has 4 N–H and O–H groups in total. The fourth-order valence-electron chi connectivity index (χ4n) is 1.51. The third-order valence-corrected chi connectivity index (χ3v) is 2.80. The summed E-state index contributed by atoms with van der Waals surface area (Å²) in [6.07, 6.45) is 0.651.